The predicted octanol–water partition coefficient (Wildman–Crippen LogP) is 2.24. The molecule has 0 saturated carbocycles. The number of carbonyl (C=O) groups is 2. The standard InChI is InChI=1S/C23H27N3O6S/c1-17(32-20-5-2-4-19(16-20)26-11-3-6-22(26)27)23(28)24-18-7-9-21(10-8-18)33(29,30)25-12-14-31-15-13-25/h2,4-5,7-10,16-17H,3,6,11-15H2,1H3,(H,24,28). The SMILES string of the molecule is CC(Oc1cccc(N2CCCC2=O)c1)C(=O)Nc1ccc(S(=O)(=O)N2CCOCC2)cc1. The highest BCUT2D eigenvalue weighted by atomic mass is 32.2. The number of morpholine rings is 1. The van der Waals surface area contributed by atoms with Crippen LogP contribution in [0.25, 0.3) is 0 Å². The minimum absolute atomic E-state index is 0.0806. The van der Waals surface area contributed by atoms with E-state index < -0.39 is 16.1 Å². The van der Waals surface area contributed by atoms with Crippen molar-refractivity contribution in [2.75, 3.05) is 43.1 Å². The zero-order valence-electron chi connectivity index (χ0n) is 18.4. The van der Waals surface area contributed by atoms with E-state index in [9.17, 15) is 18.0 Å². The van der Waals surface area contributed by atoms with Crippen molar-refractivity contribution < 1.29 is 27.5 Å². The van der Waals surface area contributed by atoms with Gasteiger partial charge in [-0.2, -0.15) is 4.31 Å². The fourth-order valence-electron chi connectivity index (χ4n) is 3.79. The molecule has 9 nitrogen and oxygen atoms in total. The molecule has 2 aromatic carbocycles. The summed E-state index contributed by atoms with van der Waals surface area (Å²) in [5, 5.41) is 2.74. The van der Waals surface area contributed by atoms with Gasteiger partial charge in [-0.15, -0.1) is 0 Å². The molecule has 2 heterocycles. The van der Waals surface area contributed by atoms with Crippen LogP contribution in [0.3, 0.4) is 0 Å². The number of rotatable bonds is 7. The van der Waals surface area contributed by atoms with Crippen molar-refractivity contribution in [1.82, 2.24) is 4.31 Å². The van der Waals surface area contributed by atoms with Crippen molar-refractivity contribution in [3.05, 3.63) is 48.5 Å². The van der Waals surface area contributed by atoms with Gasteiger partial charge in [0.25, 0.3) is 5.91 Å². The molecular formula is C23H27N3O6S. The molecule has 1 atom stereocenters. The van der Waals surface area contributed by atoms with Crippen LogP contribution in [0, 0.1) is 0 Å². The number of hydrogen-bond donors (Lipinski definition) is 1. The monoisotopic (exact) mass is 473 g/mol. The summed E-state index contributed by atoms with van der Waals surface area (Å²) in [6, 6.07) is 13.2. The van der Waals surface area contributed by atoms with Crippen molar-refractivity contribution in [3.8, 4) is 5.75 Å². The van der Waals surface area contributed by atoms with Crippen molar-refractivity contribution in [1.29, 1.82) is 0 Å². The lowest BCUT2D eigenvalue weighted by Gasteiger charge is -2.26. The molecule has 1 unspecified atom stereocenters. The number of ether oxygens (including phenoxy) is 2. The number of nitrogens with zero attached hydrogens (tertiary/aromatic N) is 2. The summed E-state index contributed by atoms with van der Waals surface area (Å²) < 4.78 is 37.8. The lowest BCUT2D eigenvalue weighted by molar-refractivity contribution is -0.122. The average Bonchev–Trinajstić information content (AvgIpc) is 3.26. The summed E-state index contributed by atoms with van der Waals surface area (Å²) in [7, 11) is -3.59. The van der Waals surface area contributed by atoms with Gasteiger partial charge in [0.2, 0.25) is 15.9 Å². The minimum Gasteiger partial charge on any atom is -0.481 e. The molecule has 2 amide bonds. The molecule has 0 aromatic heterocycles. The van der Waals surface area contributed by atoms with E-state index in [1.807, 2.05) is 6.07 Å². The first-order chi connectivity index (χ1) is 15.8. The molecule has 4 rings (SSSR count). The molecular weight excluding hydrogens is 446 g/mol. The summed E-state index contributed by atoms with van der Waals surface area (Å²) in [5.41, 5.74) is 1.22. The van der Waals surface area contributed by atoms with Gasteiger partial charge < -0.3 is 19.7 Å². The van der Waals surface area contributed by atoms with Crippen LogP contribution >= 0.6 is 0 Å². The van der Waals surface area contributed by atoms with Crippen LogP contribution < -0.4 is 15.0 Å². The van der Waals surface area contributed by atoms with Crippen molar-refractivity contribution >= 4 is 33.2 Å². The maximum atomic E-state index is 12.7. The third kappa shape index (κ3) is 5.35. The Morgan fingerprint density at radius 2 is 1.82 bits per heavy atom. The number of anilines is 2. The maximum Gasteiger partial charge on any atom is 0.265 e. The molecule has 2 aliphatic rings. The molecule has 10 heteroatoms. The normalized spacial score (nSPS) is 18.2. The van der Waals surface area contributed by atoms with Crippen LogP contribution in [-0.4, -0.2) is 63.5 Å². The zero-order chi connectivity index (χ0) is 23.4. The Labute approximate surface area is 193 Å². The minimum atomic E-state index is -3.59. The number of benzene rings is 2. The first-order valence-electron chi connectivity index (χ1n) is 10.9. The average molecular weight is 474 g/mol. The molecule has 2 fully saturated rings. The van der Waals surface area contributed by atoms with Crippen molar-refractivity contribution in [2.45, 2.75) is 30.8 Å². The fraction of sp³-hybridized carbons (Fsp3) is 0.391. The highest BCUT2D eigenvalue weighted by molar-refractivity contribution is 7.89. The van der Waals surface area contributed by atoms with E-state index in [0.717, 1.165) is 12.1 Å². The van der Waals surface area contributed by atoms with Gasteiger partial charge in [0.1, 0.15) is 5.75 Å². The molecule has 2 aromatic rings. The van der Waals surface area contributed by atoms with Gasteiger partial charge >= 0.3 is 0 Å². The molecule has 33 heavy (non-hydrogen) atoms. The van der Waals surface area contributed by atoms with E-state index in [1.54, 1.807) is 42.2 Å². The van der Waals surface area contributed by atoms with Crippen LogP contribution in [0.2, 0.25) is 0 Å². The van der Waals surface area contributed by atoms with Crippen molar-refractivity contribution in [3.63, 3.8) is 0 Å². The fourth-order valence-corrected chi connectivity index (χ4v) is 5.20. The lowest BCUT2D eigenvalue weighted by atomic mass is 10.2. The number of carbonyl (C=O) groups excluding carboxylic acids is 2. The smallest absolute Gasteiger partial charge is 0.265 e. The van der Waals surface area contributed by atoms with E-state index in [4.69, 9.17) is 9.47 Å². The zero-order valence-corrected chi connectivity index (χ0v) is 19.2. The molecule has 2 aliphatic heterocycles. The highest BCUT2D eigenvalue weighted by Crippen LogP contribution is 2.26. The Bertz CT molecular complexity index is 1110. The van der Waals surface area contributed by atoms with E-state index in [0.29, 0.717) is 50.7 Å². The predicted molar refractivity (Wildman–Crippen MR) is 123 cm³/mol. The topological polar surface area (TPSA) is 105 Å². The van der Waals surface area contributed by atoms with Gasteiger partial charge in [-0.25, -0.2) is 8.42 Å². The third-order valence-electron chi connectivity index (χ3n) is 5.61. The molecule has 0 aliphatic carbocycles. The Hall–Kier alpha value is -2.95. The Morgan fingerprint density at radius 3 is 2.48 bits per heavy atom. The molecule has 176 valence electrons. The van der Waals surface area contributed by atoms with Crippen LogP contribution in [0.4, 0.5) is 11.4 Å². The van der Waals surface area contributed by atoms with Gasteiger partial charge in [-0.1, -0.05) is 6.07 Å². The van der Waals surface area contributed by atoms with E-state index >= 15 is 0 Å². The first kappa shape index (κ1) is 23.2. The van der Waals surface area contributed by atoms with Crippen molar-refractivity contribution in [2.24, 2.45) is 0 Å². The maximum absolute atomic E-state index is 12.7. The Morgan fingerprint density at radius 1 is 1.09 bits per heavy atom. The van der Waals surface area contributed by atoms with Gasteiger partial charge in [0.05, 0.1) is 18.1 Å². The number of hydrogen-bond acceptors (Lipinski definition) is 6. The molecule has 1 N–H and O–H groups in total. The summed E-state index contributed by atoms with van der Waals surface area (Å²) >= 11 is 0. The summed E-state index contributed by atoms with van der Waals surface area (Å²) in [6.07, 6.45) is 0.567. The van der Waals surface area contributed by atoms with Crippen LogP contribution in [0.1, 0.15) is 19.8 Å². The van der Waals surface area contributed by atoms with E-state index in [1.165, 1.54) is 16.4 Å². The van der Waals surface area contributed by atoms with Crippen LogP contribution in [0.5, 0.6) is 5.75 Å². The van der Waals surface area contributed by atoms with Gasteiger partial charge in [0, 0.05) is 43.5 Å². The lowest BCUT2D eigenvalue weighted by Crippen LogP contribution is -2.40. The molecule has 0 spiro atoms. The van der Waals surface area contributed by atoms with Gasteiger partial charge in [-0.05, 0) is 49.7 Å². The summed E-state index contributed by atoms with van der Waals surface area (Å²) in [5.74, 6) is 0.195. The molecule has 2 saturated heterocycles. The second-order valence-electron chi connectivity index (χ2n) is 7.94. The van der Waals surface area contributed by atoms with E-state index in [-0.39, 0.29) is 16.7 Å². The number of nitrogens with one attached hydrogen (secondary N) is 1. The van der Waals surface area contributed by atoms with Crippen LogP contribution in [0.15, 0.2) is 53.4 Å². The number of sulfonamides is 1. The molecule has 0 bridgehead atoms. The second-order valence-corrected chi connectivity index (χ2v) is 9.87. The van der Waals surface area contributed by atoms with E-state index in [2.05, 4.69) is 5.32 Å². The third-order valence-corrected chi connectivity index (χ3v) is 7.53. The van der Waals surface area contributed by atoms with Gasteiger partial charge in [-0.3, -0.25) is 9.59 Å². The Balaban J connectivity index is 1.37. The quantitative estimate of drug-likeness (QED) is 0.661. The molecule has 0 radical (unpaired) electrons. The largest absolute Gasteiger partial charge is 0.481 e. The second kappa shape index (κ2) is 9.90. The van der Waals surface area contributed by atoms with Crippen LogP contribution in [-0.2, 0) is 24.3 Å². The number of amides is 2. The highest BCUT2D eigenvalue weighted by Gasteiger charge is 2.26. The Kier molecular flexibility index (Phi) is 6.96. The summed E-state index contributed by atoms with van der Waals surface area (Å²) in [4.78, 5) is 26.4. The van der Waals surface area contributed by atoms with Gasteiger partial charge in [0.15, 0.2) is 6.10 Å². The first-order valence-corrected chi connectivity index (χ1v) is 12.3. The summed E-state index contributed by atoms with van der Waals surface area (Å²) in [6.45, 7) is 3.70.